The second kappa shape index (κ2) is 16.4. The molecule has 0 aromatic heterocycles. The van der Waals surface area contributed by atoms with Crippen LogP contribution in [0.1, 0.15) is 26.2 Å². The van der Waals surface area contributed by atoms with Crippen LogP contribution in [0.25, 0.3) is 0 Å². The van der Waals surface area contributed by atoms with Crippen LogP contribution in [0.2, 0.25) is 36.3 Å². The van der Waals surface area contributed by atoms with Gasteiger partial charge in [0.1, 0.15) is 16.5 Å². The summed E-state index contributed by atoms with van der Waals surface area (Å²) in [5, 5.41) is 0. The molecule has 0 unspecified atom stereocenters. The van der Waals surface area contributed by atoms with Crippen molar-refractivity contribution in [3.63, 3.8) is 0 Å². The van der Waals surface area contributed by atoms with Crippen LogP contribution in [0.15, 0.2) is 75.9 Å². The standard InChI is InChI=1S/C23H40NSi2.Li/c1-8-15-16-17-24(25(18-9-2,19-10-3)20-11-4)26(21-12-5,22-13-6)23-14-7;/h9-14,17H,2-8,15-16,18-23H2,1H3;/q-1;+1. The summed E-state index contributed by atoms with van der Waals surface area (Å²) in [5.41, 5.74) is 0. The Morgan fingerprint density at radius 3 is 1.19 bits per heavy atom. The third-order valence-electron chi connectivity index (χ3n) is 5.04. The van der Waals surface area contributed by atoms with Crippen molar-refractivity contribution in [1.29, 1.82) is 0 Å². The minimum Gasteiger partial charge on any atom is -0.498 e. The third-order valence-corrected chi connectivity index (χ3v) is 16.6. The molecule has 0 aliphatic carbocycles. The van der Waals surface area contributed by atoms with E-state index in [1.54, 1.807) is 0 Å². The first-order valence-electron chi connectivity index (χ1n) is 9.84. The molecular weight excluding hydrogens is 353 g/mol. The van der Waals surface area contributed by atoms with Gasteiger partial charge in [0.25, 0.3) is 0 Å². The van der Waals surface area contributed by atoms with E-state index in [0.29, 0.717) is 0 Å². The molecule has 0 N–H and O–H groups in total. The van der Waals surface area contributed by atoms with E-state index in [4.69, 9.17) is 0 Å². The first-order valence-corrected chi connectivity index (χ1v) is 15.0. The summed E-state index contributed by atoms with van der Waals surface area (Å²) >= 11 is 0. The van der Waals surface area contributed by atoms with Crippen molar-refractivity contribution < 1.29 is 18.9 Å². The van der Waals surface area contributed by atoms with E-state index >= 15 is 0 Å². The average molecular weight is 394 g/mol. The summed E-state index contributed by atoms with van der Waals surface area (Å²) < 4.78 is 2.85. The van der Waals surface area contributed by atoms with Crippen LogP contribution in [0.5, 0.6) is 0 Å². The van der Waals surface area contributed by atoms with Gasteiger partial charge < -0.3 is 4.23 Å². The number of hydrogen-bond acceptors (Lipinski definition) is 1. The predicted molar refractivity (Wildman–Crippen MR) is 127 cm³/mol. The van der Waals surface area contributed by atoms with Crippen molar-refractivity contribution >= 4 is 16.5 Å². The number of rotatable bonds is 18. The van der Waals surface area contributed by atoms with Crippen molar-refractivity contribution in [2.24, 2.45) is 0 Å². The maximum absolute atomic E-state index is 4.09. The summed E-state index contributed by atoms with van der Waals surface area (Å²) in [5.74, 6) is 0. The molecule has 0 radical (unpaired) electrons. The summed E-state index contributed by atoms with van der Waals surface area (Å²) in [6.45, 7) is 29.3. The van der Waals surface area contributed by atoms with Gasteiger partial charge in [-0.1, -0.05) is 56.2 Å². The molecule has 1 nitrogen and oxygen atoms in total. The fourth-order valence-corrected chi connectivity index (χ4v) is 16.1. The Labute approximate surface area is 184 Å². The van der Waals surface area contributed by atoms with Crippen LogP contribution >= 0.6 is 0 Å². The maximum atomic E-state index is 4.09. The monoisotopic (exact) mass is 393 g/mol. The molecule has 0 bridgehead atoms. The minimum absolute atomic E-state index is 0. The number of unbranched alkanes of at least 4 members (excludes halogenated alkanes) is 2. The number of allylic oxidation sites excluding steroid dienone is 6. The van der Waals surface area contributed by atoms with E-state index in [-0.39, 0.29) is 18.9 Å². The molecular formula is C23H40LiNSi2. The Morgan fingerprint density at radius 1 is 0.667 bits per heavy atom. The zero-order chi connectivity index (χ0) is 19.9. The van der Waals surface area contributed by atoms with Gasteiger partial charge >= 0.3 is 18.9 Å². The molecule has 0 amide bonds. The van der Waals surface area contributed by atoms with E-state index < -0.39 is 16.5 Å². The fourth-order valence-electron chi connectivity index (χ4n) is 4.02. The normalized spacial score (nSPS) is 11.3. The van der Waals surface area contributed by atoms with Gasteiger partial charge in [0.2, 0.25) is 0 Å². The molecule has 0 spiro atoms. The molecule has 146 valence electrons. The van der Waals surface area contributed by atoms with Crippen molar-refractivity contribution in [2.45, 2.75) is 62.5 Å². The fraction of sp³-hybridized carbons (Fsp3) is 0.435. The van der Waals surface area contributed by atoms with Gasteiger partial charge in [-0.15, -0.1) is 39.5 Å². The van der Waals surface area contributed by atoms with Gasteiger partial charge in [-0.3, -0.25) is 6.54 Å². The van der Waals surface area contributed by atoms with E-state index in [2.05, 4.69) is 93.6 Å². The van der Waals surface area contributed by atoms with Gasteiger partial charge in [0.15, 0.2) is 0 Å². The van der Waals surface area contributed by atoms with Crippen molar-refractivity contribution in [2.75, 3.05) is 0 Å². The molecule has 0 saturated heterocycles. The summed E-state index contributed by atoms with van der Waals surface area (Å²) in [7, 11) is -3.76. The number of nitrogens with zero attached hydrogens (tertiary/aromatic N) is 1. The van der Waals surface area contributed by atoms with E-state index in [1.807, 2.05) is 0 Å². The molecule has 0 atom stereocenters. The van der Waals surface area contributed by atoms with Crippen LogP contribution in [-0.4, -0.2) is 20.7 Å². The zero-order valence-corrected chi connectivity index (χ0v) is 20.1. The Hall–Kier alpha value is -0.569. The molecule has 0 aliphatic rings. The first kappa shape index (κ1) is 28.6. The molecule has 27 heavy (non-hydrogen) atoms. The van der Waals surface area contributed by atoms with E-state index in [1.165, 1.54) is 12.8 Å². The summed E-state index contributed by atoms with van der Waals surface area (Å²) in [6, 6.07) is 6.30. The van der Waals surface area contributed by atoms with Gasteiger partial charge in [-0.25, -0.2) is 0 Å². The van der Waals surface area contributed by atoms with Crippen molar-refractivity contribution in [3.8, 4) is 0 Å². The Morgan fingerprint density at radius 2 is 0.963 bits per heavy atom. The molecule has 0 aliphatic heterocycles. The second-order valence-electron chi connectivity index (χ2n) is 7.10. The topological polar surface area (TPSA) is 3.24 Å². The maximum Gasteiger partial charge on any atom is 1.00 e. The van der Waals surface area contributed by atoms with E-state index in [9.17, 15) is 0 Å². The predicted octanol–water partition coefficient (Wildman–Crippen LogP) is 4.65. The minimum atomic E-state index is -1.88. The van der Waals surface area contributed by atoms with Crippen LogP contribution in [0, 0.1) is 6.54 Å². The van der Waals surface area contributed by atoms with Crippen LogP contribution in [0.4, 0.5) is 0 Å². The van der Waals surface area contributed by atoms with Crippen molar-refractivity contribution in [3.05, 3.63) is 82.5 Å². The van der Waals surface area contributed by atoms with Crippen LogP contribution < -0.4 is 18.9 Å². The molecule has 0 heterocycles. The molecule has 0 fully saturated rings. The molecule has 0 aromatic rings. The Kier molecular flexibility index (Phi) is 17.4. The van der Waals surface area contributed by atoms with Crippen LogP contribution in [-0.2, 0) is 0 Å². The molecule has 0 aromatic carbocycles. The third kappa shape index (κ3) is 8.54. The molecule has 0 saturated carbocycles. The van der Waals surface area contributed by atoms with Gasteiger partial charge in [0, 0.05) is 0 Å². The first-order chi connectivity index (χ1) is 12.6. The zero-order valence-electron chi connectivity index (χ0n) is 18.1. The van der Waals surface area contributed by atoms with E-state index in [0.717, 1.165) is 42.7 Å². The largest absolute Gasteiger partial charge is 1.00 e. The number of hydrogen-bond donors (Lipinski definition) is 0. The second-order valence-corrected chi connectivity index (χ2v) is 15.9. The summed E-state index contributed by atoms with van der Waals surface area (Å²) in [4.78, 5) is 0. The molecule has 0 rings (SSSR count). The smallest absolute Gasteiger partial charge is 0.498 e. The average Bonchev–Trinajstić information content (AvgIpc) is 2.60. The Balaban J connectivity index is 0. The van der Waals surface area contributed by atoms with Crippen molar-refractivity contribution in [1.82, 2.24) is 4.23 Å². The quantitative estimate of drug-likeness (QED) is 0.142. The van der Waals surface area contributed by atoms with Gasteiger partial charge in [-0.05, 0) is 36.3 Å². The Bertz CT molecular complexity index is 382. The van der Waals surface area contributed by atoms with Gasteiger partial charge in [0.05, 0.1) is 0 Å². The SMILES string of the molecule is C=CC[Si](CC=C)(CC=C)N([CH-]CCCC)[Si](CC=C)(CC=C)CC=C.[Li+]. The summed E-state index contributed by atoms with van der Waals surface area (Å²) in [6.07, 6.45) is 16.2. The van der Waals surface area contributed by atoms with Gasteiger partial charge in [-0.2, -0.15) is 6.42 Å². The molecule has 4 heteroatoms. The van der Waals surface area contributed by atoms with Crippen LogP contribution in [0.3, 0.4) is 0 Å².